The fourth-order valence-corrected chi connectivity index (χ4v) is 3.16. The van der Waals surface area contributed by atoms with Crippen molar-refractivity contribution >= 4 is 17.5 Å². The van der Waals surface area contributed by atoms with Gasteiger partial charge in [0.05, 0.1) is 6.54 Å². The molecule has 1 fully saturated rings. The van der Waals surface area contributed by atoms with Gasteiger partial charge < -0.3 is 0 Å². The van der Waals surface area contributed by atoms with Gasteiger partial charge >= 0.3 is 0 Å². The van der Waals surface area contributed by atoms with Crippen LogP contribution in [0.2, 0.25) is 0 Å². The van der Waals surface area contributed by atoms with Gasteiger partial charge in [0, 0.05) is 30.0 Å². The molecule has 1 aliphatic rings. The molecule has 0 bridgehead atoms. The van der Waals surface area contributed by atoms with E-state index in [1.807, 2.05) is 18.7 Å². The first-order chi connectivity index (χ1) is 6.11. The van der Waals surface area contributed by atoms with Gasteiger partial charge in [0.2, 0.25) is 0 Å². The molecule has 2 atom stereocenters. The molecular formula is C10H19NOS. The highest BCUT2D eigenvalue weighted by Crippen LogP contribution is 2.24. The molecule has 0 aromatic rings. The van der Waals surface area contributed by atoms with Crippen molar-refractivity contribution in [2.24, 2.45) is 0 Å². The zero-order chi connectivity index (χ0) is 9.84. The lowest BCUT2D eigenvalue weighted by Crippen LogP contribution is -2.42. The molecule has 0 saturated carbocycles. The van der Waals surface area contributed by atoms with Crippen LogP contribution in [-0.4, -0.2) is 40.8 Å². The van der Waals surface area contributed by atoms with Gasteiger partial charge in [-0.05, 0) is 0 Å². The van der Waals surface area contributed by atoms with E-state index in [2.05, 4.69) is 18.7 Å². The van der Waals surface area contributed by atoms with E-state index in [0.29, 0.717) is 29.2 Å². The number of rotatable bonds is 3. The Hall–Kier alpha value is -0.0200. The minimum absolute atomic E-state index is 0.367. The van der Waals surface area contributed by atoms with Crippen LogP contribution >= 0.6 is 11.8 Å². The van der Waals surface area contributed by atoms with Crippen LogP contribution in [0.4, 0.5) is 0 Å². The fourth-order valence-electron chi connectivity index (χ4n) is 1.77. The third-order valence-electron chi connectivity index (χ3n) is 2.29. The van der Waals surface area contributed by atoms with E-state index in [9.17, 15) is 4.79 Å². The fraction of sp³-hybridized carbons (Fsp3) is 0.900. The Bertz CT molecular complexity index is 174. The molecule has 2 nitrogen and oxygen atoms in total. The molecule has 1 rings (SSSR count). The lowest BCUT2D eigenvalue weighted by molar-refractivity contribution is -0.119. The maximum Gasteiger partial charge on any atom is 0.146 e. The number of ketones is 1. The molecule has 0 aromatic carbocycles. The summed E-state index contributed by atoms with van der Waals surface area (Å²) < 4.78 is 0. The zero-order valence-electron chi connectivity index (χ0n) is 8.75. The molecular weight excluding hydrogens is 182 g/mol. The Morgan fingerprint density at radius 1 is 1.38 bits per heavy atom. The third kappa shape index (κ3) is 3.69. The van der Waals surface area contributed by atoms with Gasteiger partial charge in [-0.15, -0.1) is 0 Å². The molecule has 76 valence electrons. The van der Waals surface area contributed by atoms with Crippen LogP contribution in [0.5, 0.6) is 0 Å². The van der Waals surface area contributed by atoms with Gasteiger partial charge in [-0.1, -0.05) is 20.8 Å². The summed E-state index contributed by atoms with van der Waals surface area (Å²) in [7, 11) is 0. The summed E-state index contributed by atoms with van der Waals surface area (Å²) in [5.74, 6) is 0.367. The highest BCUT2D eigenvalue weighted by molar-refractivity contribution is 8.00. The summed E-state index contributed by atoms with van der Waals surface area (Å²) in [6.45, 7) is 9.22. The number of nitrogens with zero attached hydrogens (tertiary/aromatic N) is 1. The SMILES string of the molecule is CCC(=O)CN1CC(C)SC(C)C1. The average molecular weight is 201 g/mol. The molecule has 0 aromatic heterocycles. The van der Waals surface area contributed by atoms with Gasteiger partial charge in [0.15, 0.2) is 0 Å². The third-order valence-corrected chi connectivity index (χ3v) is 3.52. The predicted octanol–water partition coefficient (Wildman–Crippen LogP) is 1.79. The maximum atomic E-state index is 11.2. The Morgan fingerprint density at radius 2 is 1.92 bits per heavy atom. The molecule has 0 spiro atoms. The van der Waals surface area contributed by atoms with E-state index < -0.39 is 0 Å². The van der Waals surface area contributed by atoms with E-state index in [1.54, 1.807) is 0 Å². The zero-order valence-corrected chi connectivity index (χ0v) is 9.56. The summed E-state index contributed by atoms with van der Waals surface area (Å²) in [5.41, 5.74) is 0. The lowest BCUT2D eigenvalue weighted by Gasteiger charge is -2.33. The number of hydrogen-bond donors (Lipinski definition) is 0. The standard InChI is InChI=1S/C10H19NOS/c1-4-10(12)7-11-5-8(2)13-9(3)6-11/h8-9H,4-7H2,1-3H3. The lowest BCUT2D eigenvalue weighted by atomic mass is 10.2. The predicted molar refractivity (Wildman–Crippen MR) is 58.3 cm³/mol. The first kappa shape index (κ1) is 11.1. The van der Waals surface area contributed by atoms with Crippen molar-refractivity contribution in [1.29, 1.82) is 0 Å². The van der Waals surface area contributed by atoms with Crippen molar-refractivity contribution < 1.29 is 4.79 Å². The van der Waals surface area contributed by atoms with E-state index >= 15 is 0 Å². The Kier molecular flexibility index (Phi) is 4.26. The molecule has 1 heterocycles. The topological polar surface area (TPSA) is 20.3 Å². The van der Waals surface area contributed by atoms with E-state index in [1.165, 1.54) is 0 Å². The van der Waals surface area contributed by atoms with Crippen LogP contribution in [0.15, 0.2) is 0 Å². The van der Waals surface area contributed by atoms with Gasteiger partial charge in [-0.3, -0.25) is 9.69 Å². The first-order valence-corrected chi connectivity index (χ1v) is 5.95. The number of Topliss-reactive ketones (excluding diaryl/α,β-unsaturated/α-hetero) is 1. The summed E-state index contributed by atoms with van der Waals surface area (Å²) >= 11 is 2.03. The molecule has 0 radical (unpaired) electrons. The Morgan fingerprint density at radius 3 is 2.38 bits per heavy atom. The van der Waals surface area contributed by atoms with Crippen molar-refractivity contribution in [3.8, 4) is 0 Å². The van der Waals surface area contributed by atoms with Crippen molar-refractivity contribution in [2.45, 2.75) is 37.7 Å². The summed E-state index contributed by atoms with van der Waals surface area (Å²) in [6, 6.07) is 0. The van der Waals surface area contributed by atoms with Crippen LogP contribution in [0.25, 0.3) is 0 Å². The second-order valence-electron chi connectivity index (χ2n) is 3.84. The van der Waals surface area contributed by atoms with Crippen LogP contribution in [-0.2, 0) is 4.79 Å². The largest absolute Gasteiger partial charge is 0.298 e. The van der Waals surface area contributed by atoms with E-state index in [4.69, 9.17) is 0 Å². The number of carbonyl (C=O) groups excluding carboxylic acids is 1. The number of thioether (sulfide) groups is 1. The van der Waals surface area contributed by atoms with Crippen molar-refractivity contribution in [2.75, 3.05) is 19.6 Å². The quantitative estimate of drug-likeness (QED) is 0.694. The number of hydrogen-bond acceptors (Lipinski definition) is 3. The van der Waals surface area contributed by atoms with Crippen LogP contribution in [0, 0.1) is 0 Å². The van der Waals surface area contributed by atoms with Gasteiger partial charge in [-0.2, -0.15) is 11.8 Å². The van der Waals surface area contributed by atoms with Crippen molar-refractivity contribution in [3.05, 3.63) is 0 Å². The van der Waals surface area contributed by atoms with Crippen molar-refractivity contribution in [3.63, 3.8) is 0 Å². The van der Waals surface area contributed by atoms with Gasteiger partial charge in [-0.25, -0.2) is 0 Å². The molecule has 3 heteroatoms. The molecule has 13 heavy (non-hydrogen) atoms. The van der Waals surface area contributed by atoms with E-state index in [0.717, 1.165) is 13.1 Å². The molecule has 0 amide bonds. The Labute approximate surface area is 85.1 Å². The maximum absolute atomic E-state index is 11.2. The van der Waals surface area contributed by atoms with E-state index in [-0.39, 0.29) is 0 Å². The highest BCUT2D eigenvalue weighted by Gasteiger charge is 2.22. The van der Waals surface area contributed by atoms with Gasteiger partial charge in [0.25, 0.3) is 0 Å². The summed E-state index contributed by atoms with van der Waals surface area (Å²) in [6.07, 6.45) is 0.673. The van der Waals surface area contributed by atoms with Crippen LogP contribution < -0.4 is 0 Å². The summed E-state index contributed by atoms with van der Waals surface area (Å²) in [5, 5.41) is 1.35. The molecule has 1 aliphatic heterocycles. The van der Waals surface area contributed by atoms with Crippen LogP contribution in [0.1, 0.15) is 27.2 Å². The minimum atomic E-state index is 0.367. The van der Waals surface area contributed by atoms with Gasteiger partial charge in [0.1, 0.15) is 5.78 Å². The first-order valence-electron chi connectivity index (χ1n) is 5.01. The monoisotopic (exact) mass is 201 g/mol. The molecule has 0 N–H and O–H groups in total. The minimum Gasteiger partial charge on any atom is -0.298 e. The second kappa shape index (κ2) is 5.01. The smallest absolute Gasteiger partial charge is 0.146 e. The number of carbonyl (C=O) groups is 1. The molecule has 1 saturated heterocycles. The second-order valence-corrected chi connectivity index (χ2v) is 5.73. The average Bonchev–Trinajstić information content (AvgIpc) is 2.02. The Balaban J connectivity index is 2.37. The normalized spacial score (nSPS) is 30.4. The molecule has 2 unspecified atom stereocenters. The highest BCUT2D eigenvalue weighted by atomic mass is 32.2. The van der Waals surface area contributed by atoms with Crippen LogP contribution in [0.3, 0.4) is 0 Å². The molecule has 0 aliphatic carbocycles. The van der Waals surface area contributed by atoms with Crippen molar-refractivity contribution in [1.82, 2.24) is 4.90 Å². The summed E-state index contributed by atoms with van der Waals surface area (Å²) in [4.78, 5) is 13.5.